The molecule has 0 aliphatic carbocycles. The molecule has 0 saturated carbocycles. The van der Waals surface area contributed by atoms with Crippen LogP contribution in [0.1, 0.15) is 36.2 Å². The molecule has 2 aromatic carbocycles. The minimum absolute atomic E-state index is 0.132. The fourth-order valence-corrected chi connectivity index (χ4v) is 5.04. The number of rotatable bonds is 6. The van der Waals surface area contributed by atoms with Gasteiger partial charge in [0.05, 0.1) is 23.2 Å². The first-order chi connectivity index (χ1) is 13.6. The number of hydrogen-bond donors (Lipinski definition) is 2. The summed E-state index contributed by atoms with van der Waals surface area (Å²) < 4.78 is 30.4. The maximum absolute atomic E-state index is 12.4. The van der Waals surface area contributed by atoms with E-state index in [2.05, 4.69) is 0 Å². The van der Waals surface area contributed by atoms with Crippen LogP contribution < -0.4 is 5.73 Å². The molecule has 0 radical (unpaired) electrons. The van der Waals surface area contributed by atoms with Gasteiger partial charge >= 0.3 is 0 Å². The van der Waals surface area contributed by atoms with E-state index < -0.39 is 32.5 Å². The quantitative estimate of drug-likeness (QED) is 0.751. The molecule has 1 aliphatic heterocycles. The van der Waals surface area contributed by atoms with Gasteiger partial charge in [-0.15, -0.1) is 0 Å². The highest BCUT2D eigenvalue weighted by atomic mass is 32.2. The van der Waals surface area contributed by atoms with Gasteiger partial charge in [0, 0.05) is 24.5 Å². The van der Waals surface area contributed by atoms with Crippen LogP contribution in [0, 0.1) is 5.92 Å². The van der Waals surface area contributed by atoms with Crippen LogP contribution in [-0.4, -0.2) is 43.6 Å². The second kappa shape index (κ2) is 8.26. The molecule has 1 amide bonds. The van der Waals surface area contributed by atoms with E-state index in [4.69, 9.17) is 10.5 Å². The predicted octanol–water partition coefficient (Wildman–Crippen LogP) is 2.50. The summed E-state index contributed by atoms with van der Waals surface area (Å²) in [4.78, 5) is 11.7. The first kappa shape index (κ1) is 21.5. The molecule has 1 heterocycles. The third kappa shape index (κ3) is 4.37. The molecule has 2 aromatic rings. The van der Waals surface area contributed by atoms with E-state index >= 15 is 0 Å². The van der Waals surface area contributed by atoms with E-state index in [1.165, 1.54) is 0 Å². The Bertz CT molecular complexity index is 985. The summed E-state index contributed by atoms with van der Waals surface area (Å²) >= 11 is 0. The van der Waals surface area contributed by atoms with Crippen molar-refractivity contribution < 1.29 is 23.1 Å². The molecule has 0 bridgehead atoms. The lowest BCUT2D eigenvalue weighted by molar-refractivity contribution is -0.110. The van der Waals surface area contributed by atoms with Crippen LogP contribution in [0.15, 0.2) is 48.5 Å². The van der Waals surface area contributed by atoms with Crippen molar-refractivity contribution in [1.29, 1.82) is 0 Å². The summed E-state index contributed by atoms with van der Waals surface area (Å²) in [5.74, 6) is -1.19. The van der Waals surface area contributed by atoms with Crippen molar-refractivity contribution in [2.75, 3.05) is 19.0 Å². The van der Waals surface area contributed by atoms with Crippen LogP contribution in [0.3, 0.4) is 0 Å². The molecular formula is C22H27NO5S. The smallest absolute Gasteiger partial charge is 0.249 e. The number of carbonyl (C=O) groups excluding carboxylic acids is 1. The van der Waals surface area contributed by atoms with E-state index in [0.717, 1.165) is 5.56 Å². The van der Waals surface area contributed by atoms with E-state index in [9.17, 15) is 18.3 Å². The third-order valence-electron chi connectivity index (χ3n) is 5.66. The zero-order valence-corrected chi connectivity index (χ0v) is 17.5. The molecule has 0 unspecified atom stereocenters. The van der Waals surface area contributed by atoms with Gasteiger partial charge in [-0.05, 0) is 36.6 Å². The van der Waals surface area contributed by atoms with E-state index in [0.29, 0.717) is 29.7 Å². The number of amides is 1. The van der Waals surface area contributed by atoms with Gasteiger partial charge in [-0.1, -0.05) is 42.5 Å². The Balaban J connectivity index is 1.94. The third-order valence-corrected chi connectivity index (χ3v) is 7.97. The number of carbonyl (C=O) groups is 1. The average molecular weight is 418 g/mol. The van der Waals surface area contributed by atoms with E-state index in [-0.39, 0.29) is 12.4 Å². The van der Waals surface area contributed by atoms with Crippen molar-refractivity contribution in [3.63, 3.8) is 0 Å². The summed E-state index contributed by atoms with van der Waals surface area (Å²) in [7, 11) is -3.33. The molecule has 2 atom stereocenters. The number of sulfone groups is 1. The summed E-state index contributed by atoms with van der Waals surface area (Å²) in [6, 6.07) is 14.3. The highest BCUT2D eigenvalue weighted by molar-refractivity contribution is 7.91. The van der Waals surface area contributed by atoms with Crippen LogP contribution in [0.4, 0.5) is 0 Å². The summed E-state index contributed by atoms with van der Waals surface area (Å²) in [6.07, 6.45) is 0.322. The maximum Gasteiger partial charge on any atom is 0.249 e. The molecule has 7 heteroatoms. The Morgan fingerprint density at radius 2 is 1.86 bits per heavy atom. The lowest BCUT2D eigenvalue weighted by atomic mass is 9.78. The highest BCUT2D eigenvalue weighted by Gasteiger charge is 2.43. The van der Waals surface area contributed by atoms with Crippen molar-refractivity contribution >= 4 is 15.7 Å². The summed E-state index contributed by atoms with van der Waals surface area (Å²) in [5, 5.41) is 10.9. The van der Waals surface area contributed by atoms with E-state index in [1.807, 2.05) is 24.3 Å². The predicted molar refractivity (Wildman–Crippen MR) is 112 cm³/mol. The first-order valence-electron chi connectivity index (χ1n) is 9.66. The number of ether oxygens (including phenoxy) is 1. The van der Waals surface area contributed by atoms with Gasteiger partial charge in [0.2, 0.25) is 5.91 Å². The minimum Gasteiger partial charge on any atom is -0.385 e. The van der Waals surface area contributed by atoms with Crippen molar-refractivity contribution in [2.45, 2.75) is 31.1 Å². The molecule has 3 rings (SSSR count). The molecule has 0 aromatic heterocycles. The van der Waals surface area contributed by atoms with Crippen LogP contribution >= 0.6 is 0 Å². The topological polar surface area (TPSA) is 107 Å². The Morgan fingerprint density at radius 1 is 1.21 bits per heavy atom. The molecule has 1 saturated heterocycles. The minimum atomic E-state index is -3.33. The Labute approximate surface area is 171 Å². The SMILES string of the molecule is CC(C)S(=O)(=O)C[C@H]1COCC[C@]1(O)c1ccc(-c2ccccc2C(N)=O)cc1. The Morgan fingerprint density at radius 3 is 2.48 bits per heavy atom. The van der Waals surface area contributed by atoms with Gasteiger partial charge in [0.15, 0.2) is 9.84 Å². The van der Waals surface area contributed by atoms with Crippen LogP contribution in [-0.2, 0) is 20.2 Å². The number of benzene rings is 2. The van der Waals surface area contributed by atoms with Gasteiger partial charge in [-0.2, -0.15) is 0 Å². The lowest BCUT2D eigenvalue weighted by Gasteiger charge is -2.40. The standard InChI is InChI=1S/C22H27NO5S/c1-15(2)29(26,27)14-18-13-28-12-11-22(18,25)17-9-7-16(8-10-17)19-5-3-4-6-20(19)21(23)24/h3-10,15,18,25H,11-14H2,1-2H3,(H2,23,24)/t18-,22+/m1/s1. The molecule has 29 heavy (non-hydrogen) atoms. The zero-order chi connectivity index (χ0) is 21.2. The molecule has 0 spiro atoms. The van der Waals surface area contributed by atoms with Crippen LogP contribution in [0.2, 0.25) is 0 Å². The highest BCUT2D eigenvalue weighted by Crippen LogP contribution is 2.38. The fourth-order valence-electron chi connectivity index (χ4n) is 3.72. The van der Waals surface area contributed by atoms with Crippen molar-refractivity contribution in [1.82, 2.24) is 0 Å². The lowest BCUT2D eigenvalue weighted by Crippen LogP contribution is -2.46. The summed E-state index contributed by atoms with van der Waals surface area (Å²) in [6.45, 7) is 3.84. The number of primary amides is 1. The van der Waals surface area contributed by atoms with Gasteiger partial charge in [-0.25, -0.2) is 8.42 Å². The number of nitrogens with two attached hydrogens (primary N) is 1. The number of aliphatic hydroxyl groups is 1. The molecular weight excluding hydrogens is 390 g/mol. The van der Waals surface area contributed by atoms with Gasteiger partial charge in [-0.3, -0.25) is 4.79 Å². The second-order valence-corrected chi connectivity index (χ2v) is 10.4. The Hall–Kier alpha value is -2.22. The monoisotopic (exact) mass is 417 g/mol. The average Bonchev–Trinajstić information content (AvgIpc) is 2.69. The molecule has 6 nitrogen and oxygen atoms in total. The van der Waals surface area contributed by atoms with Crippen LogP contribution in [0.5, 0.6) is 0 Å². The molecule has 3 N–H and O–H groups in total. The molecule has 1 fully saturated rings. The normalized spacial score (nSPS) is 22.6. The summed E-state index contributed by atoms with van der Waals surface area (Å²) in [5.41, 5.74) is 6.76. The first-order valence-corrected chi connectivity index (χ1v) is 11.4. The second-order valence-electron chi connectivity index (χ2n) is 7.81. The van der Waals surface area contributed by atoms with Gasteiger partial charge < -0.3 is 15.6 Å². The largest absolute Gasteiger partial charge is 0.385 e. The number of hydrogen-bond acceptors (Lipinski definition) is 5. The van der Waals surface area contributed by atoms with Gasteiger partial charge in [0.1, 0.15) is 0 Å². The van der Waals surface area contributed by atoms with Crippen molar-refractivity contribution in [2.24, 2.45) is 11.7 Å². The van der Waals surface area contributed by atoms with Crippen molar-refractivity contribution in [3.8, 4) is 11.1 Å². The van der Waals surface area contributed by atoms with E-state index in [1.54, 1.807) is 38.1 Å². The van der Waals surface area contributed by atoms with Crippen molar-refractivity contribution in [3.05, 3.63) is 59.7 Å². The molecule has 156 valence electrons. The van der Waals surface area contributed by atoms with Gasteiger partial charge in [0.25, 0.3) is 0 Å². The Kier molecular flexibility index (Phi) is 6.12. The maximum atomic E-state index is 12.4. The fraction of sp³-hybridized carbons (Fsp3) is 0.409. The molecule has 1 aliphatic rings. The zero-order valence-electron chi connectivity index (χ0n) is 16.7. The van der Waals surface area contributed by atoms with Crippen LogP contribution in [0.25, 0.3) is 11.1 Å².